The van der Waals surface area contributed by atoms with Crippen molar-refractivity contribution >= 4 is 9.84 Å². The summed E-state index contributed by atoms with van der Waals surface area (Å²) in [5.74, 6) is 0. The Morgan fingerprint density at radius 2 is 1.53 bits per heavy atom. The van der Waals surface area contributed by atoms with Gasteiger partial charge >= 0.3 is 0 Å². The first-order valence-electron chi connectivity index (χ1n) is 7.75. The van der Waals surface area contributed by atoms with E-state index >= 15 is 0 Å². The lowest BCUT2D eigenvalue weighted by atomic mass is 9.57. The van der Waals surface area contributed by atoms with Gasteiger partial charge in [0.2, 0.25) is 0 Å². The Kier molecular flexibility index (Phi) is 5.87. The van der Waals surface area contributed by atoms with Crippen molar-refractivity contribution in [2.24, 2.45) is 5.41 Å². The van der Waals surface area contributed by atoms with E-state index in [1.54, 1.807) is 0 Å². The molecule has 114 valence electrons. The van der Waals surface area contributed by atoms with Gasteiger partial charge in [-0.15, -0.1) is 0 Å². The van der Waals surface area contributed by atoms with Gasteiger partial charge in [0, 0.05) is 12.8 Å². The van der Waals surface area contributed by atoms with Gasteiger partial charge in [-0.25, -0.2) is 8.42 Å². The van der Waals surface area contributed by atoms with Gasteiger partial charge in [-0.05, 0) is 44.1 Å². The molecule has 1 fully saturated rings. The summed E-state index contributed by atoms with van der Waals surface area (Å²) < 4.78 is 23.9. The zero-order valence-corrected chi connectivity index (χ0v) is 13.9. The number of hydrogen-bond acceptors (Lipinski definition) is 3. The maximum atomic E-state index is 12.2. The zero-order valence-electron chi connectivity index (χ0n) is 13.1. The van der Waals surface area contributed by atoms with Crippen LogP contribution in [-0.4, -0.2) is 32.5 Å². The molecule has 0 radical (unpaired) electrons. The first-order valence-corrected chi connectivity index (χ1v) is 9.64. The third kappa shape index (κ3) is 3.72. The highest BCUT2D eigenvalue weighted by Gasteiger charge is 2.58. The molecule has 0 amide bonds. The smallest absolute Gasteiger partial charge is 0.154 e. The van der Waals surface area contributed by atoms with Gasteiger partial charge in [-0.2, -0.15) is 0 Å². The molecule has 0 unspecified atom stereocenters. The fourth-order valence-corrected chi connectivity index (χ4v) is 5.37. The summed E-state index contributed by atoms with van der Waals surface area (Å²) in [6.07, 6.45) is 8.84. The van der Waals surface area contributed by atoms with E-state index in [1.165, 1.54) is 19.1 Å². The van der Waals surface area contributed by atoms with Crippen LogP contribution < -0.4 is 5.32 Å². The first kappa shape index (κ1) is 17.0. The summed E-state index contributed by atoms with van der Waals surface area (Å²) in [6, 6.07) is 0. The van der Waals surface area contributed by atoms with E-state index < -0.39 is 14.6 Å². The molecule has 0 aromatic rings. The molecule has 3 nitrogen and oxygen atoms in total. The molecule has 0 atom stereocenters. The van der Waals surface area contributed by atoms with Crippen LogP contribution in [-0.2, 0) is 9.84 Å². The largest absolute Gasteiger partial charge is 0.315 e. The van der Waals surface area contributed by atoms with E-state index in [0.29, 0.717) is 12.0 Å². The summed E-state index contributed by atoms with van der Waals surface area (Å²) >= 11 is 0. The highest BCUT2D eigenvalue weighted by atomic mass is 32.2. The average Bonchev–Trinajstić information content (AvgIpc) is 2.25. The Labute approximate surface area is 119 Å². The predicted octanol–water partition coefficient (Wildman–Crippen LogP) is 3.15. The predicted molar refractivity (Wildman–Crippen MR) is 82.2 cm³/mol. The Morgan fingerprint density at radius 1 is 1.00 bits per heavy atom. The molecular formula is C15H31NO2S. The van der Waals surface area contributed by atoms with E-state index in [0.717, 1.165) is 38.6 Å². The van der Waals surface area contributed by atoms with E-state index in [1.807, 2.05) is 0 Å². The number of nitrogens with one attached hydrogen (secondary N) is 1. The van der Waals surface area contributed by atoms with Crippen molar-refractivity contribution < 1.29 is 8.42 Å². The Balaban J connectivity index is 2.77. The standard InChI is InChI=1S/C15H31NO2S/c1-5-8-14(9-6-2)11-15(12-14,19(4,17)18)13-16-10-7-3/h16H,5-13H2,1-4H3. The molecule has 0 spiro atoms. The third-order valence-corrected chi connectivity index (χ3v) is 6.62. The fourth-order valence-electron chi connectivity index (χ4n) is 3.87. The lowest BCUT2D eigenvalue weighted by molar-refractivity contribution is 0.0517. The molecule has 0 heterocycles. The molecule has 19 heavy (non-hydrogen) atoms. The van der Waals surface area contributed by atoms with Crippen molar-refractivity contribution in [3.05, 3.63) is 0 Å². The minimum Gasteiger partial charge on any atom is -0.315 e. The molecule has 1 rings (SSSR count). The van der Waals surface area contributed by atoms with Crippen LogP contribution in [0.2, 0.25) is 0 Å². The maximum absolute atomic E-state index is 12.2. The van der Waals surface area contributed by atoms with Gasteiger partial charge in [0.15, 0.2) is 9.84 Å². The zero-order chi connectivity index (χ0) is 14.6. The molecule has 0 aliphatic heterocycles. The van der Waals surface area contributed by atoms with Crippen LogP contribution in [0.5, 0.6) is 0 Å². The lowest BCUT2D eigenvalue weighted by Crippen LogP contribution is -2.61. The molecule has 0 aromatic heterocycles. The fraction of sp³-hybridized carbons (Fsp3) is 1.00. The molecule has 0 aromatic carbocycles. The van der Waals surface area contributed by atoms with Crippen molar-refractivity contribution in [1.29, 1.82) is 0 Å². The molecule has 0 saturated heterocycles. The highest BCUT2D eigenvalue weighted by Crippen LogP contribution is 2.57. The summed E-state index contributed by atoms with van der Waals surface area (Å²) in [7, 11) is -2.98. The number of sulfone groups is 1. The van der Waals surface area contributed by atoms with Gasteiger partial charge in [0.05, 0.1) is 4.75 Å². The van der Waals surface area contributed by atoms with Crippen LogP contribution in [0.4, 0.5) is 0 Å². The number of hydrogen-bond donors (Lipinski definition) is 1. The van der Waals surface area contributed by atoms with Gasteiger partial charge in [-0.1, -0.05) is 33.6 Å². The van der Waals surface area contributed by atoms with Crippen molar-refractivity contribution in [3.8, 4) is 0 Å². The van der Waals surface area contributed by atoms with Crippen LogP contribution in [0, 0.1) is 5.41 Å². The van der Waals surface area contributed by atoms with Gasteiger partial charge < -0.3 is 5.32 Å². The van der Waals surface area contributed by atoms with E-state index in [2.05, 4.69) is 26.1 Å². The average molecular weight is 289 g/mol. The van der Waals surface area contributed by atoms with Crippen LogP contribution in [0.3, 0.4) is 0 Å². The van der Waals surface area contributed by atoms with Crippen molar-refractivity contribution in [3.63, 3.8) is 0 Å². The topological polar surface area (TPSA) is 46.2 Å². The minimum absolute atomic E-state index is 0.292. The Hall–Kier alpha value is -0.0900. The van der Waals surface area contributed by atoms with Crippen LogP contribution in [0.1, 0.15) is 65.7 Å². The highest BCUT2D eigenvalue weighted by molar-refractivity contribution is 7.92. The second kappa shape index (κ2) is 6.57. The Bertz CT molecular complexity index is 362. The lowest BCUT2D eigenvalue weighted by Gasteiger charge is -2.56. The summed E-state index contributed by atoms with van der Waals surface area (Å²) in [5, 5.41) is 3.33. The molecule has 1 aliphatic carbocycles. The first-order chi connectivity index (χ1) is 8.85. The molecule has 1 N–H and O–H groups in total. The van der Waals surface area contributed by atoms with Crippen LogP contribution in [0.25, 0.3) is 0 Å². The van der Waals surface area contributed by atoms with Crippen molar-refractivity contribution in [2.75, 3.05) is 19.3 Å². The second-order valence-electron chi connectivity index (χ2n) is 6.49. The quantitative estimate of drug-likeness (QED) is 0.663. The Morgan fingerprint density at radius 3 is 1.89 bits per heavy atom. The maximum Gasteiger partial charge on any atom is 0.154 e. The van der Waals surface area contributed by atoms with E-state index in [4.69, 9.17) is 0 Å². The molecule has 0 bridgehead atoms. The second-order valence-corrected chi connectivity index (χ2v) is 8.90. The SMILES string of the molecule is CCCNCC1(S(C)(=O)=O)CC(CCC)(CCC)C1. The monoisotopic (exact) mass is 289 g/mol. The van der Waals surface area contributed by atoms with Gasteiger partial charge in [0.25, 0.3) is 0 Å². The van der Waals surface area contributed by atoms with E-state index in [9.17, 15) is 8.42 Å². The van der Waals surface area contributed by atoms with Crippen molar-refractivity contribution in [2.45, 2.75) is 70.5 Å². The third-order valence-electron chi connectivity index (χ3n) is 4.62. The van der Waals surface area contributed by atoms with Crippen LogP contribution in [0.15, 0.2) is 0 Å². The van der Waals surface area contributed by atoms with Crippen molar-refractivity contribution in [1.82, 2.24) is 5.32 Å². The van der Waals surface area contributed by atoms with Gasteiger partial charge in [-0.3, -0.25) is 0 Å². The van der Waals surface area contributed by atoms with E-state index in [-0.39, 0.29) is 0 Å². The summed E-state index contributed by atoms with van der Waals surface area (Å²) in [6.45, 7) is 8.06. The molecular weight excluding hydrogens is 258 g/mol. The minimum atomic E-state index is -2.98. The molecule has 1 saturated carbocycles. The molecule has 4 heteroatoms. The number of rotatable bonds is 9. The van der Waals surface area contributed by atoms with Gasteiger partial charge in [0.1, 0.15) is 0 Å². The molecule has 1 aliphatic rings. The summed E-state index contributed by atoms with van der Waals surface area (Å²) in [5.41, 5.74) is 0.292. The van der Waals surface area contributed by atoms with Crippen LogP contribution >= 0.6 is 0 Å². The summed E-state index contributed by atoms with van der Waals surface area (Å²) in [4.78, 5) is 0. The normalized spacial score (nSPS) is 21.1.